The Balaban J connectivity index is 0.926. The first-order valence-corrected chi connectivity index (χ1v) is 21.0. The molecule has 0 radical (unpaired) electrons. The highest BCUT2D eigenvalue weighted by molar-refractivity contribution is 6.01. The third-order valence-electron chi connectivity index (χ3n) is 14.8. The summed E-state index contributed by atoms with van der Waals surface area (Å²) in [6, 6.07) is 71.8. The quantitative estimate of drug-likeness (QED) is 0.150. The largest absolute Gasteiger partial charge is 0.311 e. The van der Waals surface area contributed by atoms with Gasteiger partial charge in [0.05, 0.1) is 0 Å². The average Bonchev–Trinajstić information content (AvgIpc) is 3.82. The predicted octanol–water partition coefficient (Wildman–Crippen LogP) is 15.1. The van der Waals surface area contributed by atoms with Crippen LogP contribution in [0.3, 0.4) is 0 Å². The van der Waals surface area contributed by atoms with Gasteiger partial charge in [0.25, 0.3) is 0 Å². The van der Waals surface area contributed by atoms with Gasteiger partial charge in [-0.25, -0.2) is 0 Å². The second-order valence-electron chi connectivity index (χ2n) is 17.4. The Kier molecular flexibility index (Phi) is 7.49. The van der Waals surface area contributed by atoms with Crippen molar-refractivity contribution in [1.82, 2.24) is 0 Å². The molecule has 0 heterocycles. The van der Waals surface area contributed by atoms with Gasteiger partial charge in [0, 0.05) is 17.1 Å². The maximum Gasteiger partial charge on any atom is 0.0462 e. The number of hydrogen-bond donors (Lipinski definition) is 0. The van der Waals surface area contributed by atoms with E-state index in [1.54, 1.807) is 5.56 Å². The molecule has 0 aliphatic heterocycles. The Morgan fingerprint density at radius 1 is 0.386 bits per heavy atom. The molecule has 4 fully saturated rings. The standard InChI is InChI=1S/C56H45N/c1-4-10-38(11-5-1)40-16-23-46(24-17-40)57(47-25-18-41(19-26-47)39-12-6-2-7-13-39)48-27-20-42(21-28-48)44-22-29-50-49(43-14-8-3-9-15-43)30-31-51(52(50)34-44)55-53-33-37-32-45-35-54(55)56(45,53)36-37/h1-31,34,37,45,53-55H,32-33,35-36H2. The molecule has 6 atom stereocenters. The van der Waals surface area contributed by atoms with Crippen molar-refractivity contribution in [1.29, 1.82) is 0 Å². The monoisotopic (exact) mass is 731 g/mol. The van der Waals surface area contributed by atoms with Gasteiger partial charge >= 0.3 is 0 Å². The molecule has 8 aromatic rings. The smallest absolute Gasteiger partial charge is 0.0462 e. The van der Waals surface area contributed by atoms with E-state index in [4.69, 9.17) is 0 Å². The van der Waals surface area contributed by atoms with E-state index >= 15 is 0 Å². The second-order valence-corrected chi connectivity index (χ2v) is 17.4. The lowest BCUT2D eigenvalue weighted by Crippen LogP contribution is -2.64. The highest BCUT2D eigenvalue weighted by Gasteiger charge is 2.77. The predicted molar refractivity (Wildman–Crippen MR) is 238 cm³/mol. The molecule has 12 rings (SSSR count). The fourth-order valence-corrected chi connectivity index (χ4v) is 12.4. The maximum absolute atomic E-state index is 2.53. The van der Waals surface area contributed by atoms with Crippen LogP contribution in [0.4, 0.5) is 17.1 Å². The van der Waals surface area contributed by atoms with Gasteiger partial charge in [0.2, 0.25) is 0 Å². The number of fused-ring (bicyclic) bond motifs is 2. The highest BCUT2D eigenvalue weighted by Crippen LogP contribution is 2.85. The van der Waals surface area contributed by atoms with Gasteiger partial charge in [0.15, 0.2) is 0 Å². The van der Waals surface area contributed by atoms with Crippen LogP contribution in [0.5, 0.6) is 0 Å². The van der Waals surface area contributed by atoms with Gasteiger partial charge in [-0.05, 0) is 164 Å². The Morgan fingerprint density at radius 2 is 0.860 bits per heavy atom. The van der Waals surface area contributed by atoms with Crippen LogP contribution >= 0.6 is 0 Å². The van der Waals surface area contributed by atoms with E-state index in [0.29, 0.717) is 11.3 Å². The lowest BCUT2D eigenvalue weighted by molar-refractivity contribution is -0.196. The van der Waals surface area contributed by atoms with Crippen LogP contribution in [0.1, 0.15) is 37.2 Å². The number of nitrogens with zero attached hydrogens (tertiary/aromatic N) is 1. The second kappa shape index (κ2) is 12.9. The van der Waals surface area contributed by atoms with E-state index in [1.807, 2.05) is 0 Å². The van der Waals surface area contributed by atoms with Crippen LogP contribution in [-0.4, -0.2) is 0 Å². The molecule has 0 saturated heterocycles. The molecular weight excluding hydrogens is 687 g/mol. The minimum absolute atomic E-state index is 0.697. The van der Waals surface area contributed by atoms with E-state index < -0.39 is 0 Å². The lowest BCUT2D eigenvalue weighted by Gasteiger charge is -2.71. The molecule has 274 valence electrons. The third-order valence-corrected chi connectivity index (χ3v) is 14.8. The summed E-state index contributed by atoms with van der Waals surface area (Å²) in [6.45, 7) is 0. The van der Waals surface area contributed by atoms with Crippen LogP contribution in [-0.2, 0) is 0 Å². The lowest BCUT2D eigenvalue weighted by atomic mass is 9.33. The van der Waals surface area contributed by atoms with Crippen molar-refractivity contribution in [3.05, 3.63) is 200 Å². The summed E-state index contributed by atoms with van der Waals surface area (Å²) in [6.07, 6.45) is 5.96. The summed E-state index contributed by atoms with van der Waals surface area (Å²) in [4.78, 5) is 2.38. The van der Waals surface area contributed by atoms with Gasteiger partial charge < -0.3 is 4.90 Å². The minimum atomic E-state index is 0.697. The van der Waals surface area contributed by atoms with Crippen LogP contribution in [0.25, 0.3) is 55.3 Å². The van der Waals surface area contributed by atoms with Gasteiger partial charge in [-0.2, -0.15) is 0 Å². The number of rotatable bonds is 8. The molecule has 8 aromatic carbocycles. The average molecular weight is 732 g/mol. The fourth-order valence-electron chi connectivity index (χ4n) is 12.4. The van der Waals surface area contributed by atoms with E-state index in [1.165, 1.54) is 81.0 Å². The Hall–Kier alpha value is -6.18. The molecule has 0 aromatic heterocycles. The summed E-state index contributed by atoms with van der Waals surface area (Å²) in [5, 5.41) is 2.85. The molecule has 0 amide bonds. The van der Waals surface area contributed by atoms with Crippen molar-refractivity contribution < 1.29 is 0 Å². The Morgan fingerprint density at radius 3 is 1.40 bits per heavy atom. The summed E-state index contributed by atoms with van der Waals surface area (Å²) in [5.74, 6) is 4.51. The zero-order chi connectivity index (χ0) is 37.5. The molecule has 4 aliphatic rings. The molecule has 4 aliphatic carbocycles. The Bertz CT molecular complexity index is 2650. The first-order chi connectivity index (χ1) is 28.2. The summed E-state index contributed by atoms with van der Waals surface area (Å²) < 4.78 is 0. The highest BCUT2D eigenvalue weighted by atomic mass is 15.1. The van der Waals surface area contributed by atoms with Crippen molar-refractivity contribution in [3.63, 3.8) is 0 Å². The number of benzene rings is 8. The van der Waals surface area contributed by atoms with Crippen molar-refractivity contribution in [2.75, 3.05) is 4.90 Å². The maximum atomic E-state index is 2.53. The van der Waals surface area contributed by atoms with E-state index in [9.17, 15) is 0 Å². The topological polar surface area (TPSA) is 3.24 Å². The minimum Gasteiger partial charge on any atom is -0.311 e. The molecule has 1 heteroatoms. The van der Waals surface area contributed by atoms with Crippen LogP contribution < -0.4 is 4.90 Å². The molecule has 6 unspecified atom stereocenters. The normalized spacial score (nSPS) is 23.8. The summed E-state index contributed by atoms with van der Waals surface area (Å²) >= 11 is 0. The van der Waals surface area contributed by atoms with E-state index in [2.05, 4.69) is 199 Å². The molecule has 4 saturated carbocycles. The molecule has 2 bridgehead atoms. The van der Waals surface area contributed by atoms with Gasteiger partial charge in [-0.15, -0.1) is 0 Å². The molecule has 1 nitrogen and oxygen atoms in total. The van der Waals surface area contributed by atoms with E-state index in [-0.39, 0.29) is 0 Å². The summed E-state index contributed by atoms with van der Waals surface area (Å²) in [5.41, 5.74) is 15.8. The Labute approximate surface area is 336 Å². The zero-order valence-electron chi connectivity index (χ0n) is 32.1. The number of hydrogen-bond acceptors (Lipinski definition) is 1. The van der Waals surface area contributed by atoms with Crippen molar-refractivity contribution in [2.24, 2.45) is 29.1 Å². The SMILES string of the molecule is c1ccc(-c2ccc(N(c3ccc(-c4ccccc4)cc3)c3ccc(-c4ccc5c(-c6ccccc6)ccc(C6C7CC8CC9CC6C97C8)c5c4)cc3)cc2)cc1. The third kappa shape index (κ3) is 5.14. The van der Waals surface area contributed by atoms with Crippen molar-refractivity contribution >= 4 is 27.8 Å². The summed E-state index contributed by atoms with van der Waals surface area (Å²) in [7, 11) is 0. The van der Waals surface area contributed by atoms with Crippen LogP contribution in [0.15, 0.2) is 194 Å². The first kappa shape index (κ1) is 33.0. The van der Waals surface area contributed by atoms with Gasteiger partial charge in [0.1, 0.15) is 0 Å². The van der Waals surface area contributed by atoms with Crippen LogP contribution in [0.2, 0.25) is 0 Å². The first-order valence-electron chi connectivity index (χ1n) is 21.0. The molecule has 1 spiro atoms. The van der Waals surface area contributed by atoms with Gasteiger partial charge in [-0.3, -0.25) is 0 Å². The number of anilines is 3. The zero-order valence-corrected chi connectivity index (χ0v) is 32.1. The van der Waals surface area contributed by atoms with Crippen molar-refractivity contribution in [3.8, 4) is 44.5 Å². The molecule has 57 heavy (non-hydrogen) atoms. The van der Waals surface area contributed by atoms with Gasteiger partial charge in [-0.1, -0.05) is 152 Å². The van der Waals surface area contributed by atoms with E-state index in [0.717, 1.165) is 40.7 Å². The van der Waals surface area contributed by atoms with Crippen molar-refractivity contribution in [2.45, 2.75) is 31.6 Å². The molecular formula is C56H45N. The molecule has 0 N–H and O–H groups in total. The fraction of sp³-hybridized carbons (Fsp3) is 0.179. The van der Waals surface area contributed by atoms with Crippen LogP contribution in [0, 0.1) is 29.1 Å².